The molecule has 0 spiro atoms. The van der Waals surface area contributed by atoms with Gasteiger partial charge in [-0.05, 0) is 31.2 Å². The topological polar surface area (TPSA) is 67.2 Å². The molecule has 128 valence electrons. The number of hydrogen-bond acceptors (Lipinski definition) is 4. The Morgan fingerprint density at radius 3 is 2.84 bits per heavy atom. The predicted molar refractivity (Wildman–Crippen MR) is 93.2 cm³/mol. The van der Waals surface area contributed by atoms with Crippen LogP contribution in [0, 0.1) is 6.92 Å². The van der Waals surface area contributed by atoms with Crippen molar-refractivity contribution in [3.63, 3.8) is 0 Å². The number of amides is 1. The lowest BCUT2D eigenvalue weighted by Gasteiger charge is -2.15. The predicted octanol–water partition coefficient (Wildman–Crippen LogP) is 2.84. The Hall–Kier alpha value is -2.73. The van der Waals surface area contributed by atoms with Crippen molar-refractivity contribution in [3.05, 3.63) is 53.8 Å². The third kappa shape index (κ3) is 3.00. The van der Waals surface area contributed by atoms with E-state index < -0.39 is 12.2 Å². The molecule has 1 aliphatic rings. The fourth-order valence-corrected chi connectivity index (χ4v) is 3.10. The number of furan rings is 1. The van der Waals surface area contributed by atoms with Gasteiger partial charge in [0.2, 0.25) is 0 Å². The average Bonchev–Trinajstić information content (AvgIpc) is 3.22. The third-order valence-corrected chi connectivity index (χ3v) is 4.41. The molecule has 25 heavy (non-hydrogen) atoms. The van der Waals surface area contributed by atoms with Gasteiger partial charge in [-0.1, -0.05) is 18.2 Å². The molecule has 0 radical (unpaired) electrons. The molecule has 4 rings (SSSR count). The number of pyridine rings is 1. The summed E-state index contributed by atoms with van der Waals surface area (Å²) in [6.07, 6.45) is -1.08. The van der Waals surface area contributed by atoms with Crippen molar-refractivity contribution in [3.8, 4) is 11.5 Å². The second-order valence-electron chi connectivity index (χ2n) is 6.24. The molecule has 1 aromatic carbocycles. The summed E-state index contributed by atoms with van der Waals surface area (Å²) in [6, 6.07) is 12.3. The van der Waals surface area contributed by atoms with E-state index in [9.17, 15) is 9.18 Å². The van der Waals surface area contributed by atoms with Crippen molar-refractivity contribution in [1.29, 1.82) is 0 Å². The number of aromatic nitrogens is 1. The number of carbonyl (C=O) groups is 1. The molecule has 1 amide bonds. The van der Waals surface area contributed by atoms with Gasteiger partial charge in [-0.15, -0.1) is 0 Å². The lowest BCUT2D eigenvalue weighted by atomic mass is 10.1. The van der Waals surface area contributed by atoms with Crippen LogP contribution in [0.15, 0.2) is 46.9 Å². The Bertz CT molecular complexity index is 937. The van der Waals surface area contributed by atoms with Crippen molar-refractivity contribution in [2.24, 2.45) is 0 Å². The van der Waals surface area contributed by atoms with Gasteiger partial charge >= 0.3 is 0 Å². The highest BCUT2D eigenvalue weighted by molar-refractivity contribution is 6.07. The minimum Gasteiger partial charge on any atom is -0.460 e. The van der Waals surface area contributed by atoms with Crippen LogP contribution in [-0.2, 0) is 0 Å². The van der Waals surface area contributed by atoms with Crippen LogP contribution in [0.2, 0.25) is 0 Å². The molecule has 3 aromatic rings. The zero-order valence-corrected chi connectivity index (χ0v) is 13.8. The molecule has 1 fully saturated rings. The number of halogens is 1. The van der Waals surface area contributed by atoms with E-state index in [2.05, 4.69) is 15.6 Å². The molecule has 3 heterocycles. The first-order valence-corrected chi connectivity index (χ1v) is 8.24. The van der Waals surface area contributed by atoms with Crippen molar-refractivity contribution < 1.29 is 13.6 Å². The van der Waals surface area contributed by atoms with Gasteiger partial charge < -0.3 is 15.1 Å². The highest BCUT2D eigenvalue weighted by atomic mass is 19.1. The van der Waals surface area contributed by atoms with E-state index in [1.165, 1.54) is 0 Å². The number of benzene rings is 1. The lowest BCUT2D eigenvalue weighted by Crippen LogP contribution is -2.41. The Morgan fingerprint density at radius 2 is 2.12 bits per heavy atom. The van der Waals surface area contributed by atoms with E-state index in [1.807, 2.05) is 43.3 Å². The molecule has 5 nitrogen and oxygen atoms in total. The molecule has 2 atom stereocenters. The van der Waals surface area contributed by atoms with Crippen LogP contribution in [0.1, 0.15) is 16.1 Å². The quantitative estimate of drug-likeness (QED) is 0.770. The fraction of sp³-hybridized carbons (Fsp3) is 0.263. The monoisotopic (exact) mass is 339 g/mol. The van der Waals surface area contributed by atoms with E-state index in [4.69, 9.17) is 4.42 Å². The molecule has 1 saturated heterocycles. The normalized spacial score (nSPS) is 20.1. The van der Waals surface area contributed by atoms with Gasteiger partial charge in [-0.2, -0.15) is 0 Å². The van der Waals surface area contributed by atoms with Crippen LogP contribution < -0.4 is 10.6 Å². The Morgan fingerprint density at radius 1 is 1.28 bits per heavy atom. The molecule has 2 aromatic heterocycles. The second kappa shape index (κ2) is 6.29. The van der Waals surface area contributed by atoms with Crippen LogP contribution in [-0.4, -0.2) is 36.2 Å². The van der Waals surface area contributed by atoms with E-state index >= 15 is 0 Å². The summed E-state index contributed by atoms with van der Waals surface area (Å²) in [5.74, 6) is 1.07. The van der Waals surface area contributed by atoms with Gasteiger partial charge in [-0.25, -0.2) is 9.37 Å². The second-order valence-corrected chi connectivity index (χ2v) is 6.24. The average molecular weight is 339 g/mol. The molecule has 2 N–H and O–H groups in total. The number of fused-ring (bicyclic) bond motifs is 1. The van der Waals surface area contributed by atoms with Gasteiger partial charge in [0.05, 0.1) is 17.1 Å². The van der Waals surface area contributed by atoms with Crippen molar-refractivity contribution >= 4 is 16.8 Å². The van der Waals surface area contributed by atoms with Crippen molar-refractivity contribution in [2.75, 3.05) is 13.1 Å². The van der Waals surface area contributed by atoms with E-state index in [0.29, 0.717) is 29.1 Å². The first kappa shape index (κ1) is 15.8. The van der Waals surface area contributed by atoms with Gasteiger partial charge in [0.1, 0.15) is 17.6 Å². The molecule has 0 bridgehead atoms. The summed E-state index contributed by atoms with van der Waals surface area (Å²) in [6.45, 7) is 2.55. The lowest BCUT2D eigenvalue weighted by molar-refractivity contribution is 0.0925. The summed E-state index contributed by atoms with van der Waals surface area (Å²) >= 11 is 0. The van der Waals surface area contributed by atoms with Gasteiger partial charge in [0.15, 0.2) is 5.76 Å². The summed E-state index contributed by atoms with van der Waals surface area (Å²) in [5, 5.41) is 6.46. The van der Waals surface area contributed by atoms with Gasteiger partial charge in [-0.3, -0.25) is 4.79 Å². The van der Waals surface area contributed by atoms with Gasteiger partial charge in [0.25, 0.3) is 5.91 Å². The zero-order valence-electron chi connectivity index (χ0n) is 13.8. The number of hydrogen-bond donors (Lipinski definition) is 2. The van der Waals surface area contributed by atoms with E-state index in [1.54, 1.807) is 6.07 Å². The van der Waals surface area contributed by atoms with Crippen molar-refractivity contribution in [1.82, 2.24) is 15.6 Å². The minimum atomic E-state index is -1.08. The van der Waals surface area contributed by atoms with Crippen molar-refractivity contribution in [2.45, 2.75) is 19.1 Å². The van der Waals surface area contributed by atoms with Crippen LogP contribution in [0.5, 0.6) is 0 Å². The Balaban J connectivity index is 1.77. The molecular weight excluding hydrogens is 321 g/mol. The smallest absolute Gasteiger partial charge is 0.252 e. The maximum Gasteiger partial charge on any atom is 0.252 e. The standard InChI is InChI=1S/C19H18FN3O2/c1-11-6-7-18(25-11)16-8-13(12-4-2-3-5-15(12)22-16)19(24)23-17-10-21-9-14(17)20/h2-8,14,17,21H,9-10H2,1H3,(H,23,24)/t14-,17+/m0/s1. The summed E-state index contributed by atoms with van der Waals surface area (Å²) < 4.78 is 19.5. The van der Waals surface area contributed by atoms with Crippen LogP contribution >= 0.6 is 0 Å². The highest BCUT2D eigenvalue weighted by Crippen LogP contribution is 2.26. The van der Waals surface area contributed by atoms with Crippen LogP contribution in [0.25, 0.3) is 22.4 Å². The van der Waals surface area contributed by atoms with Gasteiger partial charge in [0, 0.05) is 18.5 Å². The number of carbonyl (C=O) groups excluding carboxylic acids is 1. The minimum absolute atomic E-state index is 0.263. The zero-order chi connectivity index (χ0) is 17.4. The molecular formula is C19H18FN3O2. The fourth-order valence-electron chi connectivity index (χ4n) is 3.10. The molecule has 1 aliphatic heterocycles. The maximum absolute atomic E-state index is 13.8. The number of para-hydroxylation sites is 1. The first-order chi connectivity index (χ1) is 12.1. The van der Waals surface area contributed by atoms with E-state index in [-0.39, 0.29) is 12.5 Å². The van der Waals surface area contributed by atoms with E-state index in [0.717, 1.165) is 11.1 Å². The molecule has 6 heteroatoms. The molecule has 0 unspecified atom stereocenters. The number of aryl methyl sites for hydroxylation is 1. The number of nitrogens with one attached hydrogen (secondary N) is 2. The third-order valence-electron chi connectivity index (χ3n) is 4.41. The number of alkyl halides is 1. The summed E-state index contributed by atoms with van der Waals surface area (Å²) in [4.78, 5) is 17.4. The highest BCUT2D eigenvalue weighted by Gasteiger charge is 2.29. The molecule has 0 saturated carbocycles. The Kier molecular flexibility index (Phi) is 3.97. The number of nitrogens with zero attached hydrogens (tertiary/aromatic N) is 1. The van der Waals surface area contributed by atoms with Crippen LogP contribution in [0.3, 0.4) is 0 Å². The first-order valence-electron chi connectivity index (χ1n) is 8.24. The molecule has 0 aliphatic carbocycles. The SMILES string of the molecule is Cc1ccc(-c2cc(C(=O)N[C@@H]3CNC[C@@H]3F)c3ccccc3n2)o1. The van der Waals surface area contributed by atoms with Crippen LogP contribution in [0.4, 0.5) is 4.39 Å². The largest absolute Gasteiger partial charge is 0.460 e. The summed E-state index contributed by atoms with van der Waals surface area (Å²) in [7, 11) is 0. The summed E-state index contributed by atoms with van der Waals surface area (Å²) in [5.41, 5.74) is 1.74. The number of rotatable bonds is 3. The maximum atomic E-state index is 13.8. The Labute approximate surface area is 144 Å².